The van der Waals surface area contributed by atoms with Gasteiger partial charge in [0.15, 0.2) is 5.82 Å². The maximum Gasteiger partial charge on any atom is 0.201 e. The SMILES string of the molecule is c1ccc2[nH]c(NCc3nc(NC4CCCC4)c4ccccc4n3)nc2c1. The lowest BCUT2D eigenvalue weighted by atomic mass is 10.2. The van der Waals surface area contributed by atoms with Crippen LogP contribution in [0.1, 0.15) is 31.5 Å². The van der Waals surface area contributed by atoms with Crippen molar-refractivity contribution >= 4 is 33.7 Å². The van der Waals surface area contributed by atoms with Crippen molar-refractivity contribution < 1.29 is 0 Å². The summed E-state index contributed by atoms with van der Waals surface area (Å²) >= 11 is 0. The van der Waals surface area contributed by atoms with Crippen LogP contribution in [0.4, 0.5) is 11.8 Å². The van der Waals surface area contributed by atoms with E-state index < -0.39 is 0 Å². The Morgan fingerprint density at radius 1 is 0.889 bits per heavy atom. The van der Waals surface area contributed by atoms with Crippen LogP contribution in [-0.4, -0.2) is 26.0 Å². The van der Waals surface area contributed by atoms with Gasteiger partial charge < -0.3 is 15.6 Å². The Labute approximate surface area is 157 Å². The van der Waals surface area contributed by atoms with Crippen molar-refractivity contribution in [2.45, 2.75) is 38.3 Å². The Bertz CT molecular complexity index is 1050. The van der Waals surface area contributed by atoms with Gasteiger partial charge in [-0.05, 0) is 37.1 Å². The van der Waals surface area contributed by atoms with Crippen LogP contribution in [0, 0.1) is 0 Å². The number of imidazole rings is 1. The van der Waals surface area contributed by atoms with Crippen molar-refractivity contribution in [2.75, 3.05) is 10.6 Å². The summed E-state index contributed by atoms with van der Waals surface area (Å²) in [6, 6.07) is 16.7. The zero-order valence-corrected chi connectivity index (χ0v) is 15.1. The fourth-order valence-electron chi connectivity index (χ4n) is 3.78. The van der Waals surface area contributed by atoms with Crippen LogP contribution in [0.5, 0.6) is 0 Å². The van der Waals surface area contributed by atoms with Gasteiger partial charge in [-0.25, -0.2) is 15.0 Å². The molecule has 6 heteroatoms. The van der Waals surface area contributed by atoms with E-state index in [1.807, 2.05) is 42.5 Å². The first-order valence-electron chi connectivity index (χ1n) is 9.56. The first-order chi connectivity index (χ1) is 13.3. The third-order valence-corrected chi connectivity index (χ3v) is 5.15. The molecule has 3 N–H and O–H groups in total. The van der Waals surface area contributed by atoms with Crippen molar-refractivity contribution in [2.24, 2.45) is 0 Å². The van der Waals surface area contributed by atoms with Crippen molar-refractivity contribution in [1.29, 1.82) is 0 Å². The van der Waals surface area contributed by atoms with Crippen molar-refractivity contribution in [3.63, 3.8) is 0 Å². The molecule has 0 unspecified atom stereocenters. The monoisotopic (exact) mass is 358 g/mol. The minimum Gasteiger partial charge on any atom is -0.367 e. The Balaban J connectivity index is 1.41. The number of hydrogen-bond donors (Lipinski definition) is 3. The standard InChI is InChI=1S/C21H22N6/c1-2-8-14(7-1)23-20-15-9-3-4-10-16(15)24-19(27-20)13-22-21-25-17-11-5-6-12-18(17)26-21/h3-6,9-12,14H,1-2,7-8,13H2,(H2,22,25,26)(H,23,24,27). The van der Waals surface area contributed by atoms with Gasteiger partial charge in [-0.1, -0.05) is 37.1 Å². The molecule has 6 nitrogen and oxygen atoms in total. The summed E-state index contributed by atoms with van der Waals surface area (Å²) in [7, 11) is 0. The molecule has 1 saturated carbocycles. The zero-order chi connectivity index (χ0) is 18.1. The molecular formula is C21H22N6. The highest BCUT2D eigenvalue weighted by Gasteiger charge is 2.17. The number of benzene rings is 2. The predicted octanol–water partition coefficient (Wildman–Crippen LogP) is 4.47. The molecule has 136 valence electrons. The molecule has 0 bridgehead atoms. The summed E-state index contributed by atoms with van der Waals surface area (Å²) in [4.78, 5) is 17.4. The predicted molar refractivity (Wildman–Crippen MR) is 109 cm³/mol. The van der Waals surface area contributed by atoms with Crippen LogP contribution < -0.4 is 10.6 Å². The number of fused-ring (bicyclic) bond motifs is 2. The van der Waals surface area contributed by atoms with Gasteiger partial charge in [-0.3, -0.25) is 0 Å². The lowest BCUT2D eigenvalue weighted by Gasteiger charge is -2.15. The summed E-state index contributed by atoms with van der Waals surface area (Å²) in [6.45, 7) is 0.518. The van der Waals surface area contributed by atoms with Gasteiger partial charge in [0, 0.05) is 11.4 Å². The summed E-state index contributed by atoms with van der Waals surface area (Å²) in [5.41, 5.74) is 2.93. The molecule has 5 rings (SSSR count). The van der Waals surface area contributed by atoms with Crippen LogP contribution in [0.3, 0.4) is 0 Å². The lowest BCUT2D eigenvalue weighted by molar-refractivity contribution is 0.749. The van der Waals surface area contributed by atoms with Crippen molar-refractivity contribution in [1.82, 2.24) is 19.9 Å². The number of H-pyrrole nitrogens is 1. The molecular weight excluding hydrogens is 336 g/mol. The fourth-order valence-corrected chi connectivity index (χ4v) is 3.78. The topological polar surface area (TPSA) is 78.5 Å². The molecule has 4 aromatic rings. The quantitative estimate of drug-likeness (QED) is 0.490. The molecule has 1 fully saturated rings. The number of aromatic nitrogens is 4. The molecule has 1 aliphatic rings. The summed E-state index contributed by atoms with van der Waals surface area (Å²) in [5, 5.41) is 8.04. The average Bonchev–Trinajstić information content (AvgIpc) is 3.35. The number of aromatic amines is 1. The van der Waals surface area contributed by atoms with Gasteiger partial charge in [0.25, 0.3) is 0 Å². The van der Waals surface area contributed by atoms with Gasteiger partial charge in [0.1, 0.15) is 5.82 Å². The maximum atomic E-state index is 4.81. The highest BCUT2D eigenvalue weighted by atomic mass is 15.1. The normalized spacial score (nSPS) is 14.8. The molecule has 0 spiro atoms. The minimum absolute atomic E-state index is 0.513. The van der Waals surface area contributed by atoms with Crippen molar-refractivity contribution in [3.8, 4) is 0 Å². The second kappa shape index (κ2) is 6.87. The number of anilines is 2. The van der Waals surface area contributed by atoms with Gasteiger partial charge in [0.05, 0.1) is 23.1 Å². The number of nitrogens with one attached hydrogen (secondary N) is 3. The van der Waals surface area contributed by atoms with Crippen LogP contribution in [-0.2, 0) is 6.54 Å². The minimum atomic E-state index is 0.513. The molecule has 0 saturated heterocycles. The van der Waals surface area contributed by atoms with Gasteiger partial charge in [-0.2, -0.15) is 0 Å². The summed E-state index contributed by atoms with van der Waals surface area (Å²) in [6.07, 6.45) is 5.01. The van der Waals surface area contributed by atoms with Crippen LogP contribution >= 0.6 is 0 Å². The van der Waals surface area contributed by atoms with Gasteiger partial charge in [0.2, 0.25) is 5.95 Å². The highest BCUT2D eigenvalue weighted by Crippen LogP contribution is 2.26. The Kier molecular flexibility index (Phi) is 4.08. The number of rotatable bonds is 5. The number of nitrogens with zero attached hydrogens (tertiary/aromatic N) is 3. The lowest BCUT2D eigenvalue weighted by Crippen LogP contribution is -2.17. The van der Waals surface area contributed by atoms with E-state index in [-0.39, 0.29) is 0 Å². The van der Waals surface area contributed by atoms with E-state index in [0.29, 0.717) is 12.6 Å². The van der Waals surface area contributed by atoms with Crippen molar-refractivity contribution in [3.05, 3.63) is 54.4 Å². The fraction of sp³-hybridized carbons (Fsp3) is 0.286. The van der Waals surface area contributed by atoms with E-state index in [1.165, 1.54) is 25.7 Å². The first kappa shape index (κ1) is 16.1. The number of para-hydroxylation sites is 3. The highest BCUT2D eigenvalue weighted by molar-refractivity contribution is 5.89. The molecule has 0 amide bonds. The maximum absolute atomic E-state index is 4.81. The molecule has 0 radical (unpaired) electrons. The first-order valence-corrected chi connectivity index (χ1v) is 9.56. The van der Waals surface area contributed by atoms with Gasteiger partial charge in [-0.15, -0.1) is 0 Å². The molecule has 0 aliphatic heterocycles. The molecule has 2 aromatic heterocycles. The largest absolute Gasteiger partial charge is 0.367 e. The van der Waals surface area contributed by atoms with E-state index in [1.54, 1.807) is 0 Å². The van der Waals surface area contributed by atoms with E-state index in [2.05, 4.69) is 26.7 Å². The van der Waals surface area contributed by atoms with Crippen LogP contribution in [0.15, 0.2) is 48.5 Å². The zero-order valence-electron chi connectivity index (χ0n) is 15.1. The second-order valence-electron chi connectivity index (χ2n) is 7.09. The smallest absolute Gasteiger partial charge is 0.201 e. The third-order valence-electron chi connectivity index (χ3n) is 5.15. The van der Waals surface area contributed by atoms with E-state index in [9.17, 15) is 0 Å². The number of hydrogen-bond acceptors (Lipinski definition) is 5. The van der Waals surface area contributed by atoms with Crippen LogP contribution in [0.2, 0.25) is 0 Å². The Hall–Kier alpha value is -3.15. The molecule has 2 heterocycles. The molecule has 27 heavy (non-hydrogen) atoms. The molecule has 0 atom stereocenters. The molecule has 2 aromatic carbocycles. The van der Waals surface area contributed by atoms with E-state index in [4.69, 9.17) is 9.97 Å². The summed E-state index contributed by atoms with van der Waals surface area (Å²) in [5.74, 6) is 2.43. The van der Waals surface area contributed by atoms with Crippen LogP contribution in [0.25, 0.3) is 21.9 Å². The van der Waals surface area contributed by atoms with E-state index >= 15 is 0 Å². The Morgan fingerprint density at radius 2 is 1.67 bits per heavy atom. The second-order valence-corrected chi connectivity index (χ2v) is 7.09. The average molecular weight is 358 g/mol. The Morgan fingerprint density at radius 3 is 2.52 bits per heavy atom. The van der Waals surface area contributed by atoms with Gasteiger partial charge >= 0.3 is 0 Å². The third kappa shape index (κ3) is 3.30. The molecule has 1 aliphatic carbocycles. The summed E-state index contributed by atoms with van der Waals surface area (Å²) < 4.78 is 0. The van der Waals surface area contributed by atoms with E-state index in [0.717, 1.165) is 39.5 Å².